The first-order valence-corrected chi connectivity index (χ1v) is 8.88. The van der Waals surface area contributed by atoms with E-state index in [1.54, 1.807) is 42.5 Å². The zero-order valence-corrected chi connectivity index (χ0v) is 16.1. The van der Waals surface area contributed by atoms with Crippen LogP contribution in [0, 0.1) is 0 Å². The van der Waals surface area contributed by atoms with Crippen LogP contribution in [0.4, 0.5) is 0 Å². The molecule has 0 bridgehead atoms. The van der Waals surface area contributed by atoms with Gasteiger partial charge in [0.2, 0.25) is 0 Å². The second-order valence-electron chi connectivity index (χ2n) is 6.27. The molecule has 9 heteroatoms. The highest BCUT2D eigenvalue weighted by Crippen LogP contribution is 2.30. The van der Waals surface area contributed by atoms with Crippen molar-refractivity contribution in [2.45, 2.75) is 0 Å². The number of nitrogens with one attached hydrogen (secondary N) is 1. The molecule has 0 radical (unpaired) electrons. The number of hydrogen-bond donors (Lipinski definition) is 1. The van der Waals surface area contributed by atoms with Crippen LogP contribution in [0.25, 0.3) is 27.8 Å². The van der Waals surface area contributed by atoms with Crippen molar-refractivity contribution >= 4 is 22.8 Å². The number of aromatic nitrogens is 4. The van der Waals surface area contributed by atoms with Gasteiger partial charge in [-0.1, -0.05) is 24.3 Å². The van der Waals surface area contributed by atoms with Gasteiger partial charge in [-0.05, 0) is 24.3 Å². The monoisotopic (exact) mass is 404 g/mol. The van der Waals surface area contributed by atoms with E-state index in [0.717, 1.165) is 0 Å². The Bertz CT molecular complexity index is 1320. The number of hydrogen-bond acceptors (Lipinski definition) is 7. The summed E-state index contributed by atoms with van der Waals surface area (Å²) in [5.41, 5.74) is 1.18. The van der Waals surface area contributed by atoms with E-state index in [2.05, 4.69) is 15.1 Å². The van der Waals surface area contributed by atoms with Crippen molar-refractivity contribution in [2.75, 3.05) is 14.2 Å². The molecule has 0 amide bonds. The van der Waals surface area contributed by atoms with Crippen molar-refractivity contribution in [1.82, 2.24) is 19.7 Å². The van der Waals surface area contributed by atoms with Gasteiger partial charge in [-0.15, -0.1) is 0 Å². The summed E-state index contributed by atoms with van der Waals surface area (Å²) < 4.78 is 11.1. The molecular formula is C21H16N4O5. The lowest BCUT2D eigenvalue weighted by molar-refractivity contribution is 0.0549. The summed E-state index contributed by atoms with van der Waals surface area (Å²) in [5, 5.41) is 4.83. The lowest BCUT2D eigenvalue weighted by Gasteiger charge is -2.07. The number of esters is 2. The number of carbonyl (C=O) groups is 2. The number of ether oxygens (including phenoxy) is 2. The number of carbonyl (C=O) groups excluding carboxylic acids is 2. The van der Waals surface area contributed by atoms with Crippen LogP contribution in [-0.4, -0.2) is 45.9 Å². The van der Waals surface area contributed by atoms with Crippen LogP contribution in [0.3, 0.4) is 0 Å². The molecule has 30 heavy (non-hydrogen) atoms. The molecule has 0 aliphatic heterocycles. The normalized spacial score (nSPS) is 10.7. The quantitative estimate of drug-likeness (QED) is 0.519. The minimum Gasteiger partial charge on any atom is -0.465 e. The van der Waals surface area contributed by atoms with Crippen LogP contribution in [0.2, 0.25) is 0 Å². The molecule has 2 aromatic carbocycles. The van der Waals surface area contributed by atoms with Crippen molar-refractivity contribution in [2.24, 2.45) is 0 Å². The summed E-state index contributed by atoms with van der Waals surface area (Å²) in [5.74, 6) is -1.51. The molecule has 0 aliphatic carbocycles. The highest BCUT2D eigenvalue weighted by Gasteiger charge is 2.31. The molecule has 0 unspecified atom stereocenters. The second kappa shape index (κ2) is 7.63. The van der Waals surface area contributed by atoms with Crippen molar-refractivity contribution in [3.05, 3.63) is 76.5 Å². The summed E-state index contributed by atoms with van der Waals surface area (Å²) in [4.78, 5) is 44.1. The lowest BCUT2D eigenvalue weighted by atomic mass is 10.0. The van der Waals surface area contributed by atoms with Gasteiger partial charge in [0.25, 0.3) is 5.56 Å². The van der Waals surface area contributed by atoms with Crippen LogP contribution in [0.5, 0.6) is 0 Å². The Balaban J connectivity index is 2.06. The molecule has 4 rings (SSSR count). The van der Waals surface area contributed by atoms with Crippen molar-refractivity contribution in [3.8, 4) is 16.9 Å². The highest BCUT2D eigenvalue weighted by molar-refractivity contribution is 6.07. The number of benzene rings is 2. The fourth-order valence-electron chi connectivity index (χ4n) is 3.17. The van der Waals surface area contributed by atoms with E-state index < -0.39 is 11.9 Å². The maximum absolute atomic E-state index is 12.7. The maximum Gasteiger partial charge on any atom is 0.357 e. The second-order valence-corrected chi connectivity index (χ2v) is 6.27. The first-order valence-electron chi connectivity index (χ1n) is 8.88. The van der Waals surface area contributed by atoms with E-state index in [9.17, 15) is 14.4 Å². The molecule has 4 aromatic rings. The number of rotatable bonds is 4. The third kappa shape index (κ3) is 3.12. The number of nitrogens with zero attached hydrogens (tertiary/aromatic N) is 3. The summed E-state index contributed by atoms with van der Waals surface area (Å²) in [6.07, 6.45) is 1.31. The van der Waals surface area contributed by atoms with Gasteiger partial charge in [0, 0.05) is 5.56 Å². The van der Waals surface area contributed by atoms with E-state index in [4.69, 9.17) is 9.47 Å². The highest BCUT2D eigenvalue weighted by atomic mass is 16.5. The predicted molar refractivity (Wildman–Crippen MR) is 108 cm³/mol. The summed E-state index contributed by atoms with van der Waals surface area (Å²) >= 11 is 0. The van der Waals surface area contributed by atoms with Crippen LogP contribution in [0.15, 0.2) is 59.7 Å². The van der Waals surface area contributed by atoms with Crippen molar-refractivity contribution in [1.29, 1.82) is 0 Å². The molecule has 150 valence electrons. The fourth-order valence-corrected chi connectivity index (χ4v) is 3.17. The maximum atomic E-state index is 12.7. The fraction of sp³-hybridized carbons (Fsp3) is 0.0952. The molecule has 0 saturated carbocycles. The Kier molecular flexibility index (Phi) is 4.85. The molecule has 0 atom stereocenters. The smallest absolute Gasteiger partial charge is 0.357 e. The largest absolute Gasteiger partial charge is 0.465 e. The Morgan fingerprint density at radius 2 is 1.73 bits per heavy atom. The molecular weight excluding hydrogens is 388 g/mol. The average molecular weight is 404 g/mol. The molecule has 9 nitrogen and oxygen atoms in total. The zero-order chi connectivity index (χ0) is 21.3. The Morgan fingerprint density at radius 1 is 1.00 bits per heavy atom. The van der Waals surface area contributed by atoms with Gasteiger partial charge in [-0.3, -0.25) is 4.79 Å². The molecule has 0 saturated heterocycles. The average Bonchev–Trinajstić information content (AvgIpc) is 3.19. The van der Waals surface area contributed by atoms with E-state index in [0.29, 0.717) is 22.2 Å². The first-order chi connectivity index (χ1) is 14.5. The SMILES string of the molecule is COC(=O)c1c(-c2ccc3nc[nH]c(=O)c3c2)nn(-c2ccccc2)c1C(=O)OC. The van der Waals surface area contributed by atoms with Crippen molar-refractivity contribution < 1.29 is 19.1 Å². The van der Waals surface area contributed by atoms with Crippen molar-refractivity contribution in [3.63, 3.8) is 0 Å². The van der Waals surface area contributed by atoms with Gasteiger partial charge >= 0.3 is 11.9 Å². The number of para-hydroxylation sites is 1. The third-order valence-electron chi connectivity index (χ3n) is 4.57. The number of fused-ring (bicyclic) bond motifs is 1. The van der Waals surface area contributed by atoms with E-state index >= 15 is 0 Å². The van der Waals surface area contributed by atoms with Gasteiger partial charge in [0.1, 0.15) is 11.3 Å². The molecule has 1 N–H and O–H groups in total. The Labute approximate surface area is 169 Å². The topological polar surface area (TPSA) is 116 Å². The predicted octanol–water partition coefficient (Wildman–Crippen LogP) is 2.35. The molecule has 0 spiro atoms. The summed E-state index contributed by atoms with van der Waals surface area (Å²) in [6.45, 7) is 0. The van der Waals surface area contributed by atoms with Crippen LogP contribution >= 0.6 is 0 Å². The molecule has 2 heterocycles. The van der Waals surface area contributed by atoms with Gasteiger partial charge in [-0.25, -0.2) is 19.3 Å². The minimum atomic E-state index is -0.757. The molecule has 2 aromatic heterocycles. The van der Waals surface area contributed by atoms with Crippen LogP contribution in [-0.2, 0) is 9.47 Å². The van der Waals surface area contributed by atoms with Gasteiger partial charge in [-0.2, -0.15) is 5.10 Å². The number of aromatic amines is 1. The number of H-pyrrole nitrogens is 1. The van der Waals surface area contributed by atoms with Crippen LogP contribution in [0.1, 0.15) is 20.8 Å². The summed E-state index contributed by atoms with van der Waals surface area (Å²) in [6, 6.07) is 13.7. The van der Waals surface area contributed by atoms with Crippen LogP contribution < -0.4 is 5.56 Å². The van der Waals surface area contributed by atoms with Gasteiger partial charge in [0.05, 0.1) is 37.1 Å². The van der Waals surface area contributed by atoms with E-state index in [1.165, 1.54) is 25.2 Å². The lowest BCUT2D eigenvalue weighted by Crippen LogP contribution is -2.15. The third-order valence-corrected chi connectivity index (χ3v) is 4.57. The van der Waals surface area contributed by atoms with Gasteiger partial charge < -0.3 is 14.5 Å². The number of methoxy groups -OCH3 is 2. The van der Waals surface area contributed by atoms with Gasteiger partial charge in [0.15, 0.2) is 5.69 Å². The molecule has 0 fully saturated rings. The van der Waals surface area contributed by atoms with E-state index in [1.807, 2.05) is 6.07 Å². The standard InChI is InChI=1S/C21H16N4O5/c1-29-20(27)16-17(12-8-9-15-14(10-12)19(26)23-11-22-15)24-25(18(16)21(28)30-2)13-6-4-3-5-7-13/h3-11H,1-2H3,(H,22,23,26). The first kappa shape index (κ1) is 19.1. The van der Waals surface area contributed by atoms with E-state index in [-0.39, 0.29) is 22.5 Å². The summed E-state index contributed by atoms with van der Waals surface area (Å²) in [7, 11) is 2.43. The minimum absolute atomic E-state index is 0.0622. The Hall–Kier alpha value is -4.27. The molecule has 0 aliphatic rings. The Morgan fingerprint density at radius 3 is 2.43 bits per heavy atom. The zero-order valence-electron chi connectivity index (χ0n) is 16.1.